The second-order valence-corrected chi connectivity index (χ2v) is 5.64. The van der Waals surface area contributed by atoms with Crippen molar-refractivity contribution < 1.29 is 5.11 Å². The summed E-state index contributed by atoms with van der Waals surface area (Å²) in [7, 11) is 0. The quantitative estimate of drug-likeness (QED) is 0.831. The van der Waals surface area contributed by atoms with Crippen molar-refractivity contribution in [1.29, 1.82) is 0 Å². The summed E-state index contributed by atoms with van der Waals surface area (Å²) in [6.45, 7) is 8.28. The van der Waals surface area contributed by atoms with Gasteiger partial charge in [-0.3, -0.25) is 4.90 Å². The number of likely N-dealkylation sites (tertiary alicyclic amines) is 1. The van der Waals surface area contributed by atoms with Crippen LogP contribution in [0.3, 0.4) is 0 Å². The largest absolute Gasteiger partial charge is 0.396 e. The van der Waals surface area contributed by atoms with Crippen LogP contribution in [-0.4, -0.2) is 46.2 Å². The molecule has 0 bridgehead atoms. The Morgan fingerprint density at radius 2 is 2.10 bits per heavy atom. The van der Waals surface area contributed by atoms with Gasteiger partial charge in [0, 0.05) is 24.9 Å². The van der Waals surface area contributed by atoms with Gasteiger partial charge in [-0.2, -0.15) is 0 Å². The van der Waals surface area contributed by atoms with Gasteiger partial charge in [-0.25, -0.2) is 9.97 Å². The summed E-state index contributed by atoms with van der Waals surface area (Å²) in [4.78, 5) is 11.5. The number of aliphatic hydroxyl groups is 1. The van der Waals surface area contributed by atoms with E-state index in [1.807, 2.05) is 13.0 Å². The van der Waals surface area contributed by atoms with E-state index < -0.39 is 0 Å². The molecule has 0 unspecified atom stereocenters. The second kappa shape index (κ2) is 7.55. The van der Waals surface area contributed by atoms with Gasteiger partial charge in [0.1, 0.15) is 11.6 Å². The Morgan fingerprint density at radius 3 is 2.75 bits per heavy atom. The van der Waals surface area contributed by atoms with Gasteiger partial charge >= 0.3 is 0 Å². The van der Waals surface area contributed by atoms with Crippen LogP contribution in [0.25, 0.3) is 0 Å². The fourth-order valence-electron chi connectivity index (χ4n) is 2.57. The molecule has 2 heterocycles. The van der Waals surface area contributed by atoms with Crippen LogP contribution in [0, 0.1) is 12.8 Å². The van der Waals surface area contributed by atoms with E-state index in [1.54, 1.807) is 0 Å². The molecule has 5 heteroatoms. The van der Waals surface area contributed by atoms with Crippen molar-refractivity contribution in [2.75, 3.05) is 31.6 Å². The first-order chi connectivity index (χ1) is 9.71. The average molecular weight is 278 g/mol. The first-order valence-electron chi connectivity index (χ1n) is 7.63. The Hall–Kier alpha value is -1.20. The Bertz CT molecular complexity index is 416. The van der Waals surface area contributed by atoms with Crippen molar-refractivity contribution in [3.8, 4) is 0 Å². The third kappa shape index (κ3) is 4.42. The van der Waals surface area contributed by atoms with Crippen LogP contribution in [0.1, 0.15) is 37.7 Å². The maximum atomic E-state index is 9.17. The molecule has 0 aliphatic carbocycles. The molecule has 0 aromatic carbocycles. The van der Waals surface area contributed by atoms with Gasteiger partial charge in [-0.15, -0.1) is 0 Å². The van der Waals surface area contributed by atoms with E-state index in [4.69, 9.17) is 0 Å². The topological polar surface area (TPSA) is 61.3 Å². The molecule has 2 rings (SSSR count). The molecule has 1 fully saturated rings. The van der Waals surface area contributed by atoms with Gasteiger partial charge in [0.25, 0.3) is 0 Å². The van der Waals surface area contributed by atoms with Crippen molar-refractivity contribution in [1.82, 2.24) is 14.9 Å². The van der Waals surface area contributed by atoms with Crippen LogP contribution in [-0.2, 0) is 6.54 Å². The van der Waals surface area contributed by atoms with E-state index in [1.165, 1.54) is 0 Å². The number of rotatable bonds is 6. The van der Waals surface area contributed by atoms with E-state index in [2.05, 4.69) is 27.1 Å². The lowest BCUT2D eigenvalue weighted by molar-refractivity contribution is 0.125. The van der Waals surface area contributed by atoms with Crippen LogP contribution in [0.4, 0.5) is 5.82 Å². The number of hydrogen-bond acceptors (Lipinski definition) is 5. The standard InChI is InChI=1S/C15H26N4O/c1-3-6-16-14-9-12(2)17-15(18-14)10-19-7-4-13(11-20)5-8-19/h9,13,20H,3-8,10-11H2,1-2H3,(H,16,17,18). The Morgan fingerprint density at radius 1 is 1.35 bits per heavy atom. The van der Waals surface area contributed by atoms with E-state index >= 15 is 0 Å². The highest BCUT2D eigenvalue weighted by Crippen LogP contribution is 2.18. The maximum Gasteiger partial charge on any atom is 0.144 e. The molecular formula is C15H26N4O. The van der Waals surface area contributed by atoms with Crippen molar-refractivity contribution in [3.63, 3.8) is 0 Å². The molecule has 0 saturated carbocycles. The predicted octanol–water partition coefficient (Wildman–Crippen LogP) is 1.81. The van der Waals surface area contributed by atoms with E-state index in [0.717, 1.165) is 62.8 Å². The van der Waals surface area contributed by atoms with Gasteiger partial charge in [0.2, 0.25) is 0 Å². The van der Waals surface area contributed by atoms with E-state index in [0.29, 0.717) is 12.5 Å². The summed E-state index contributed by atoms with van der Waals surface area (Å²) in [5, 5.41) is 12.5. The maximum absolute atomic E-state index is 9.17. The van der Waals surface area contributed by atoms with Crippen LogP contribution in [0.5, 0.6) is 0 Å². The summed E-state index contributed by atoms with van der Waals surface area (Å²) in [5.74, 6) is 2.30. The normalized spacial score (nSPS) is 17.4. The van der Waals surface area contributed by atoms with Crippen LogP contribution in [0.2, 0.25) is 0 Å². The molecule has 0 spiro atoms. The fraction of sp³-hybridized carbons (Fsp3) is 0.733. The second-order valence-electron chi connectivity index (χ2n) is 5.64. The fourth-order valence-corrected chi connectivity index (χ4v) is 2.57. The average Bonchev–Trinajstić information content (AvgIpc) is 2.45. The lowest BCUT2D eigenvalue weighted by atomic mass is 9.98. The highest BCUT2D eigenvalue weighted by molar-refractivity contribution is 5.35. The van der Waals surface area contributed by atoms with Crippen LogP contribution < -0.4 is 5.32 Å². The van der Waals surface area contributed by atoms with Crippen molar-refractivity contribution in [2.24, 2.45) is 5.92 Å². The van der Waals surface area contributed by atoms with Gasteiger partial charge in [-0.05, 0) is 45.2 Å². The lowest BCUT2D eigenvalue weighted by Gasteiger charge is -2.30. The van der Waals surface area contributed by atoms with Gasteiger partial charge < -0.3 is 10.4 Å². The lowest BCUT2D eigenvalue weighted by Crippen LogP contribution is -2.34. The first-order valence-corrected chi connectivity index (χ1v) is 7.63. The molecule has 1 aromatic rings. The number of aromatic nitrogens is 2. The summed E-state index contributed by atoms with van der Waals surface area (Å²) in [6, 6.07) is 2.00. The summed E-state index contributed by atoms with van der Waals surface area (Å²) >= 11 is 0. The number of nitrogens with one attached hydrogen (secondary N) is 1. The predicted molar refractivity (Wildman–Crippen MR) is 80.6 cm³/mol. The molecule has 1 aliphatic heterocycles. The molecule has 2 N–H and O–H groups in total. The molecule has 5 nitrogen and oxygen atoms in total. The van der Waals surface area contributed by atoms with Crippen molar-refractivity contribution in [2.45, 2.75) is 39.7 Å². The molecule has 1 saturated heterocycles. The minimum Gasteiger partial charge on any atom is -0.396 e. The number of anilines is 1. The number of aliphatic hydroxyl groups excluding tert-OH is 1. The van der Waals surface area contributed by atoms with Crippen LogP contribution >= 0.6 is 0 Å². The van der Waals surface area contributed by atoms with Gasteiger partial charge in [0.05, 0.1) is 6.54 Å². The molecule has 1 aliphatic rings. The highest BCUT2D eigenvalue weighted by Gasteiger charge is 2.19. The third-order valence-corrected chi connectivity index (χ3v) is 3.79. The molecule has 112 valence electrons. The molecule has 1 aromatic heterocycles. The summed E-state index contributed by atoms with van der Waals surface area (Å²) < 4.78 is 0. The monoisotopic (exact) mass is 278 g/mol. The molecular weight excluding hydrogens is 252 g/mol. The zero-order valence-corrected chi connectivity index (χ0v) is 12.6. The minimum atomic E-state index is 0.319. The number of hydrogen-bond donors (Lipinski definition) is 2. The van der Waals surface area contributed by atoms with E-state index in [-0.39, 0.29) is 0 Å². The Balaban J connectivity index is 1.93. The minimum absolute atomic E-state index is 0.319. The first kappa shape index (κ1) is 15.2. The molecule has 20 heavy (non-hydrogen) atoms. The number of piperidine rings is 1. The van der Waals surface area contributed by atoms with Gasteiger partial charge in [0.15, 0.2) is 0 Å². The summed E-state index contributed by atoms with van der Waals surface area (Å²) in [5.41, 5.74) is 1.01. The molecule has 0 radical (unpaired) electrons. The van der Waals surface area contributed by atoms with E-state index in [9.17, 15) is 5.11 Å². The SMILES string of the molecule is CCCNc1cc(C)nc(CN2CCC(CO)CC2)n1. The third-order valence-electron chi connectivity index (χ3n) is 3.79. The Kier molecular flexibility index (Phi) is 5.73. The van der Waals surface area contributed by atoms with Crippen molar-refractivity contribution in [3.05, 3.63) is 17.6 Å². The zero-order valence-electron chi connectivity index (χ0n) is 12.6. The van der Waals surface area contributed by atoms with Gasteiger partial charge in [-0.1, -0.05) is 6.92 Å². The highest BCUT2D eigenvalue weighted by atomic mass is 16.3. The van der Waals surface area contributed by atoms with Crippen LogP contribution in [0.15, 0.2) is 6.07 Å². The number of nitrogens with zero attached hydrogens (tertiary/aromatic N) is 3. The number of aryl methyl sites for hydroxylation is 1. The molecule has 0 atom stereocenters. The molecule has 0 amide bonds. The Labute approximate surface area is 121 Å². The summed E-state index contributed by atoms with van der Waals surface area (Å²) in [6.07, 6.45) is 3.24. The zero-order chi connectivity index (χ0) is 14.4. The van der Waals surface area contributed by atoms with Crippen molar-refractivity contribution >= 4 is 5.82 Å². The smallest absolute Gasteiger partial charge is 0.144 e.